The van der Waals surface area contributed by atoms with Gasteiger partial charge >= 0.3 is 0 Å². The van der Waals surface area contributed by atoms with Crippen LogP contribution in [0.3, 0.4) is 0 Å². The van der Waals surface area contributed by atoms with Crippen molar-refractivity contribution in [3.8, 4) is 11.1 Å². The van der Waals surface area contributed by atoms with Gasteiger partial charge in [-0.05, 0) is 55.7 Å². The molecule has 3 heterocycles. The fourth-order valence-corrected chi connectivity index (χ4v) is 3.86. The van der Waals surface area contributed by atoms with Gasteiger partial charge in [-0.2, -0.15) is 5.10 Å². The Labute approximate surface area is 170 Å². The highest BCUT2D eigenvalue weighted by atomic mass is 16.5. The van der Waals surface area contributed by atoms with Crippen LogP contribution >= 0.6 is 0 Å². The van der Waals surface area contributed by atoms with Crippen molar-refractivity contribution in [3.63, 3.8) is 0 Å². The van der Waals surface area contributed by atoms with Gasteiger partial charge in [0.1, 0.15) is 6.61 Å². The molecule has 7 heteroatoms. The van der Waals surface area contributed by atoms with E-state index in [1.165, 1.54) is 5.56 Å². The van der Waals surface area contributed by atoms with Crippen molar-refractivity contribution in [2.45, 2.75) is 63.8 Å². The Morgan fingerprint density at radius 3 is 2.62 bits per heavy atom. The molecule has 1 atom stereocenters. The predicted octanol–water partition coefficient (Wildman–Crippen LogP) is 3.10. The molecular weight excluding hydrogens is 368 g/mol. The van der Waals surface area contributed by atoms with Gasteiger partial charge in [0.15, 0.2) is 5.82 Å². The summed E-state index contributed by atoms with van der Waals surface area (Å²) < 4.78 is 7.36. The molecule has 0 unspecified atom stereocenters. The highest BCUT2D eigenvalue weighted by molar-refractivity contribution is 5.69. The van der Waals surface area contributed by atoms with Gasteiger partial charge in [0, 0.05) is 29.7 Å². The molecule has 2 N–H and O–H groups in total. The fourth-order valence-electron chi connectivity index (χ4n) is 3.86. The number of ether oxygens (including phenoxy) is 1. The Morgan fingerprint density at radius 2 is 1.90 bits per heavy atom. The van der Waals surface area contributed by atoms with Gasteiger partial charge in [-0.25, -0.2) is 14.5 Å². The fraction of sp³-hybridized carbons (Fsp3) is 0.500. The van der Waals surface area contributed by atoms with E-state index in [1.54, 1.807) is 12.4 Å². The standard InChI is InChI=1S/C22H28N4O3/c1-2-18(27)13-29-14-22-23-10-17(11-24-22)16-7-8-26-21(9-16)20(12-25-26)15-3-5-19(28)6-4-15/h7-12,15,18-19,27-28H,2-6,13-14H2,1H3/t15?,18-,19?/m0/s1. The van der Waals surface area contributed by atoms with Crippen LogP contribution < -0.4 is 0 Å². The lowest BCUT2D eigenvalue weighted by molar-refractivity contribution is 0.0244. The van der Waals surface area contributed by atoms with E-state index >= 15 is 0 Å². The summed E-state index contributed by atoms with van der Waals surface area (Å²) in [7, 11) is 0. The van der Waals surface area contributed by atoms with Crippen LogP contribution in [0.5, 0.6) is 0 Å². The van der Waals surface area contributed by atoms with Crippen LogP contribution in [0.15, 0.2) is 36.9 Å². The lowest BCUT2D eigenvalue weighted by Gasteiger charge is -2.24. The summed E-state index contributed by atoms with van der Waals surface area (Å²) in [5.41, 5.74) is 4.34. The second-order valence-corrected chi connectivity index (χ2v) is 7.82. The molecule has 4 rings (SSSR count). The first-order chi connectivity index (χ1) is 14.1. The summed E-state index contributed by atoms with van der Waals surface area (Å²) in [6.45, 7) is 2.50. The monoisotopic (exact) mass is 396 g/mol. The molecule has 29 heavy (non-hydrogen) atoms. The molecule has 0 saturated heterocycles. The molecule has 1 aliphatic carbocycles. The van der Waals surface area contributed by atoms with Crippen molar-refractivity contribution in [1.82, 2.24) is 19.6 Å². The van der Waals surface area contributed by atoms with Crippen molar-refractivity contribution < 1.29 is 14.9 Å². The van der Waals surface area contributed by atoms with E-state index in [4.69, 9.17) is 4.74 Å². The van der Waals surface area contributed by atoms with Crippen LogP contribution in [0.25, 0.3) is 16.6 Å². The Morgan fingerprint density at radius 1 is 1.14 bits per heavy atom. The van der Waals surface area contributed by atoms with Gasteiger partial charge < -0.3 is 14.9 Å². The SMILES string of the molecule is CC[C@H](O)COCc1ncc(-c2ccn3ncc(C4CCC(O)CC4)c3c2)cn1. The Kier molecular flexibility index (Phi) is 6.18. The second-order valence-electron chi connectivity index (χ2n) is 7.82. The van der Waals surface area contributed by atoms with E-state index in [-0.39, 0.29) is 12.7 Å². The molecule has 1 aliphatic rings. The smallest absolute Gasteiger partial charge is 0.153 e. The Hall–Kier alpha value is -2.35. The Balaban J connectivity index is 1.49. The van der Waals surface area contributed by atoms with Crippen LogP contribution in [0.1, 0.15) is 56.3 Å². The minimum absolute atomic E-state index is 0.159. The number of aromatic nitrogens is 4. The maximum absolute atomic E-state index is 9.79. The number of pyridine rings is 1. The van der Waals surface area contributed by atoms with Crippen LogP contribution in [-0.2, 0) is 11.3 Å². The molecule has 154 valence electrons. The van der Waals surface area contributed by atoms with E-state index < -0.39 is 6.10 Å². The van der Waals surface area contributed by atoms with Gasteiger partial charge in [0.2, 0.25) is 0 Å². The molecule has 0 bridgehead atoms. The zero-order valence-corrected chi connectivity index (χ0v) is 16.7. The Bertz CT molecular complexity index is 933. The molecule has 0 aliphatic heterocycles. The quantitative estimate of drug-likeness (QED) is 0.637. The zero-order valence-electron chi connectivity index (χ0n) is 16.7. The normalized spacial score (nSPS) is 20.8. The van der Waals surface area contributed by atoms with Gasteiger partial charge in [0.25, 0.3) is 0 Å². The zero-order chi connectivity index (χ0) is 20.2. The average molecular weight is 396 g/mol. The highest BCUT2D eigenvalue weighted by Gasteiger charge is 2.23. The minimum atomic E-state index is -0.446. The van der Waals surface area contributed by atoms with E-state index in [0.717, 1.165) is 42.3 Å². The van der Waals surface area contributed by atoms with Crippen molar-refractivity contribution >= 4 is 5.52 Å². The number of aliphatic hydroxyl groups excluding tert-OH is 2. The third-order valence-corrected chi connectivity index (χ3v) is 5.74. The number of aliphatic hydroxyl groups is 2. The predicted molar refractivity (Wildman–Crippen MR) is 109 cm³/mol. The number of rotatable bonds is 7. The van der Waals surface area contributed by atoms with Crippen LogP contribution in [0.2, 0.25) is 0 Å². The molecule has 0 aromatic carbocycles. The van der Waals surface area contributed by atoms with E-state index in [0.29, 0.717) is 24.8 Å². The molecule has 7 nitrogen and oxygen atoms in total. The lowest BCUT2D eigenvalue weighted by Crippen LogP contribution is -2.16. The maximum Gasteiger partial charge on any atom is 0.153 e. The topological polar surface area (TPSA) is 92.8 Å². The van der Waals surface area contributed by atoms with Crippen LogP contribution in [-0.4, -0.2) is 48.6 Å². The van der Waals surface area contributed by atoms with Crippen molar-refractivity contribution in [2.24, 2.45) is 0 Å². The van der Waals surface area contributed by atoms with Crippen molar-refractivity contribution in [3.05, 3.63) is 48.3 Å². The maximum atomic E-state index is 9.79. The summed E-state index contributed by atoms with van der Waals surface area (Å²) in [6, 6.07) is 4.15. The van der Waals surface area contributed by atoms with E-state index in [9.17, 15) is 10.2 Å². The van der Waals surface area contributed by atoms with E-state index in [2.05, 4.69) is 21.1 Å². The third kappa shape index (κ3) is 4.63. The minimum Gasteiger partial charge on any atom is -0.393 e. The summed E-state index contributed by atoms with van der Waals surface area (Å²) >= 11 is 0. The largest absolute Gasteiger partial charge is 0.393 e. The lowest BCUT2D eigenvalue weighted by atomic mass is 9.83. The highest BCUT2D eigenvalue weighted by Crippen LogP contribution is 2.35. The molecule has 3 aromatic rings. The molecule has 1 saturated carbocycles. The van der Waals surface area contributed by atoms with Crippen molar-refractivity contribution in [1.29, 1.82) is 0 Å². The summed E-state index contributed by atoms with van der Waals surface area (Å²) in [4.78, 5) is 8.80. The molecule has 0 spiro atoms. The van der Waals surface area contributed by atoms with E-state index in [1.807, 2.05) is 29.9 Å². The van der Waals surface area contributed by atoms with Crippen LogP contribution in [0, 0.1) is 0 Å². The molecule has 1 fully saturated rings. The second kappa shape index (κ2) is 8.98. The number of nitrogens with zero attached hydrogens (tertiary/aromatic N) is 4. The molecular formula is C22H28N4O3. The first-order valence-corrected chi connectivity index (χ1v) is 10.4. The number of hydrogen-bond donors (Lipinski definition) is 2. The summed E-state index contributed by atoms with van der Waals surface area (Å²) in [5.74, 6) is 1.05. The van der Waals surface area contributed by atoms with Gasteiger partial charge in [0.05, 0.1) is 30.5 Å². The van der Waals surface area contributed by atoms with Crippen molar-refractivity contribution in [2.75, 3.05) is 6.61 Å². The van der Waals surface area contributed by atoms with Crippen LogP contribution in [0.4, 0.5) is 0 Å². The molecule has 0 radical (unpaired) electrons. The first kappa shape index (κ1) is 19.9. The van der Waals surface area contributed by atoms with Gasteiger partial charge in [-0.15, -0.1) is 0 Å². The first-order valence-electron chi connectivity index (χ1n) is 10.4. The molecule has 3 aromatic heterocycles. The van der Waals surface area contributed by atoms with Gasteiger partial charge in [-0.1, -0.05) is 6.92 Å². The third-order valence-electron chi connectivity index (χ3n) is 5.74. The average Bonchev–Trinajstić information content (AvgIpc) is 3.18. The summed E-state index contributed by atoms with van der Waals surface area (Å²) in [5, 5.41) is 23.8. The number of fused-ring (bicyclic) bond motifs is 1. The molecule has 0 amide bonds. The summed E-state index contributed by atoms with van der Waals surface area (Å²) in [6.07, 6.45) is 11.3. The van der Waals surface area contributed by atoms with Gasteiger partial charge in [-0.3, -0.25) is 0 Å². The number of hydrogen-bond acceptors (Lipinski definition) is 6.